The van der Waals surface area contributed by atoms with Gasteiger partial charge >= 0.3 is 0 Å². The van der Waals surface area contributed by atoms with Gasteiger partial charge in [-0.3, -0.25) is 9.80 Å². The molecule has 27 heavy (non-hydrogen) atoms. The van der Waals surface area contributed by atoms with Crippen LogP contribution in [0.4, 0.5) is 0 Å². The Hall–Kier alpha value is -1.01. The second-order valence-corrected chi connectivity index (χ2v) is 6.61. The SMILES string of the molecule is CCN(CC)N(C=O)CCCCNC1CCc2cccc(OC)c2C1.Cl.Cl. The van der Waals surface area contributed by atoms with Crippen molar-refractivity contribution >= 4 is 31.2 Å². The molecule has 0 heterocycles. The molecule has 0 bridgehead atoms. The van der Waals surface area contributed by atoms with E-state index in [1.54, 1.807) is 7.11 Å². The number of nitrogens with zero attached hydrogens (tertiary/aromatic N) is 2. The Bertz CT molecular complexity index is 528. The van der Waals surface area contributed by atoms with Crippen LogP contribution in [0.2, 0.25) is 0 Å². The summed E-state index contributed by atoms with van der Waals surface area (Å²) in [5, 5.41) is 7.57. The summed E-state index contributed by atoms with van der Waals surface area (Å²) < 4.78 is 5.52. The number of amides is 1. The summed E-state index contributed by atoms with van der Waals surface area (Å²) in [4.78, 5) is 11.2. The van der Waals surface area contributed by atoms with Crippen molar-refractivity contribution in [3.05, 3.63) is 29.3 Å². The molecular weight excluding hydrogens is 385 g/mol. The standard InChI is InChI=1S/C20H33N3O2.2ClH/c1-4-22(5-2)23(16-24)14-7-6-13-21-18-12-11-17-9-8-10-20(25-3)19(17)15-18;;/h8-10,16,18,21H,4-7,11-15H2,1-3H3;2*1H. The van der Waals surface area contributed by atoms with Crippen molar-refractivity contribution in [2.45, 2.75) is 52.0 Å². The van der Waals surface area contributed by atoms with E-state index in [0.29, 0.717) is 6.04 Å². The summed E-state index contributed by atoms with van der Waals surface area (Å²) >= 11 is 0. The van der Waals surface area contributed by atoms with Gasteiger partial charge in [0.25, 0.3) is 0 Å². The second kappa shape index (κ2) is 14.1. The van der Waals surface area contributed by atoms with Gasteiger partial charge in [0.05, 0.1) is 7.11 Å². The summed E-state index contributed by atoms with van der Waals surface area (Å²) in [5.41, 5.74) is 2.79. The number of rotatable bonds is 11. The molecule has 156 valence electrons. The summed E-state index contributed by atoms with van der Waals surface area (Å²) in [6.07, 6.45) is 6.39. The number of nitrogens with one attached hydrogen (secondary N) is 1. The van der Waals surface area contributed by atoms with Crippen LogP contribution in [0.15, 0.2) is 18.2 Å². The van der Waals surface area contributed by atoms with Crippen LogP contribution in [-0.4, -0.2) is 55.8 Å². The highest BCUT2D eigenvalue weighted by Gasteiger charge is 2.20. The van der Waals surface area contributed by atoms with Gasteiger partial charge in [-0.1, -0.05) is 26.0 Å². The van der Waals surface area contributed by atoms with Crippen molar-refractivity contribution in [2.24, 2.45) is 0 Å². The lowest BCUT2D eigenvalue weighted by Crippen LogP contribution is -2.42. The lowest BCUT2D eigenvalue weighted by molar-refractivity contribution is -0.134. The smallest absolute Gasteiger partial charge is 0.224 e. The minimum absolute atomic E-state index is 0. The number of hydrazine groups is 1. The van der Waals surface area contributed by atoms with Gasteiger partial charge in [0, 0.05) is 25.7 Å². The Morgan fingerprint density at radius 2 is 1.96 bits per heavy atom. The Kier molecular flexibility index (Phi) is 13.5. The monoisotopic (exact) mass is 419 g/mol. The first kappa shape index (κ1) is 26.0. The fourth-order valence-electron chi connectivity index (χ4n) is 3.67. The molecule has 1 atom stereocenters. The van der Waals surface area contributed by atoms with Gasteiger partial charge < -0.3 is 10.1 Å². The van der Waals surface area contributed by atoms with E-state index >= 15 is 0 Å². The number of methoxy groups -OCH3 is 1. The van der Waals surface area contributed by atoms with Gasteiger partial charge in [-0.25, -0.2) is 5.01 Å². The van der Waals surface area contributed by atoms with Gasteiger partial charge in [-0.15, -0.1) is 24.8 Å². The number of fused-ring (bicyclic) bond motifs is 1. The molecule has 0 aliphatic heterocycles. The first-order valence-electron chi connectivity index (χ1n) is 9.58. The van der Waals surface area contributed by atoms with Crippen molar-refractivity contribution in [2.75, 3.05) is 33.3 Å². The maximum Gasteiger partial charge on any atom is 0.224 e. The third-order valence-electron chi connectivity index (χ3n) is 5.12. The summed E-state index contributed by atoms with van der Waals surface area (Å²) in [5.74, 6) is 1.02. The van der Waals surface area contributed by atoms with Gasteiger partial charge in [-0.2, -0.15) is 0 Å². The number of ether oxygens (including phenoxy) is 1. The minimum atomic E-state index is 0. The molecule has 0 spiro atoms. The number of halogens is 2. The zero-order valence-corrected chi connectivity index (χ0v) is 18.4. The first-order chi connectivity index (χ1) is 12.2. The highest BCUT2D eigenvalue weighted by atomic mass is 35.5. The lowest BCUT2D eigenvalue weighted by atomic mass is 9.87. The molecule has 1 aliphatic carbocycles. The molecule has 1 aromatic rings. The Labute approximate surface area is 176 Å². The third-order valence-corrected chi connectivity index (χ3v) is 5.12. The summed E-state index contributed by atoms with van der Waals surface area (Å²) in [6.45, 7) is 7.70. The van der Waals surface area contributed by atoms with Gasteiger partial charge in [0.1, 0.15) is 5.75 Å². The number of aryl methyl sites for hydroxylation is 1. The number of hydrogen-bond acceptors (Lipinski definition) is 4. The van der Waals surface area contributed by atoms with Crippen LogP contribution in [0.1, 0.15) is 44.2 Å². The molecule has 1 N–H and O–H groups in total. The molecule has 1 amide bonds. The van der Waals surface area contributed by atoms with Crippen LogP contribution >= 0.6 is 24.8 Å². The lowest BCUT2D eigenvalue weighted by Gasteiger charge is -2.30. The number of benzene rings is 1. The van der Waals surface area contributed by atoms with Crippen molar-refractivity contribution < 1.29 is 9.53 Å². The Balaban J connectivity index is 0.00000338. The molecule has 7 heteroatoms. The topological polar surface area (TPSA) is 44.8 Å². The van der Waals surface area contributed by atoms with Crippen LogP contribution in [-0.2, 0) is 17.6 Å². The highest BCUT2D eigenvalue weighted by Crippen LogP contribution is 2.29. The van der Waals surface area contributed by atoms with E-state index in [9.17, 15) is 4.79 Å². The highest BCUT2D eigenvalue weighted by molar-refractivity contribution is 5.85. The normalized spacial score (nSPS) is 15.3. The van der Waals surface area contributed by atoms with Gasteiger partial charge in [0.15, 0.2) is 0 Å². The molecule has 0 saturated carbocycles. The molecule has 0 fully saturated rings. The number of hydrogen-bond donors (Lipinski definition) is 1. The predicted octanol–water partition coefficient (Wildman–Crippen LogP) is 3.48. The zero-order valence-electron chi connectivity index (χ0n) is 16.8. The van der Waals surface area contributed by atoms with Gasteiger partial charge in [0.2, 0.25) is 6.41 Å². The summed E-state index contributed by atoms with van der Waals surface area (Å²) in [6, 6.07) is 6.88. The first-order valence-corrected chi connectivity index (χ1v) is 9.58. The predicted molar refractivity (Wildman–Crippen MR) is 116 cm³/mol. The maximum atomic E-state index is 11.2. The minimum Gasteiger partial charge on any atom is -0.496 e. The van der Waals surface area contributed by atoms with Gasteiger partial charge in [-0.05, 0) is 55.8 Å². The van der Waals surface area contributed by atoms with E-state index in [0.717, 1.165) is 64.0 Å². The molecule has 1 unspecified atom stereocenters. The molecule has 2 rings (SSSR count). The van der Waals surface area contributed by atoms with Crippen LogP contribution < -0.4 is 10.1 Å². The van der Waals surface area contributed by atoms with Crippen LogP contribution in [0, 0.1) is 0 Å². The van der Waals surface area contributed by atoms with E-state index in [1.807, 2.05) is 5.01 Å². The van der Waals surface area contributed by atoms with Crippen LogP contribution in [0.5, 0.6) is 5.75 Å². The largest absolute Gasteiger partial charge is 0.496 e. The van der Waals surface area contributed by atoms with E-state index < -0.39 is 0 Å². The fourth-order valence-corrected chi connectivity index (χ4v) is 3.67. The van der Waals surface area contributed by atoms with Crippen molar-refractivity contribution in [1.29, 1.82) is 0 Å². The van der Waals surface area contributed by atoms with E-state index in [2.05, 4.69) is 42.4 Å². The van der Waals surface area contributed by atoms with E-state index in [4.69, 9.17) is 4.74 Å². The molecule has 1 aliphatic rings. The molecule has 0 saturated heterocycles. The molecule has 1 aromatic carbocycles. The Morgan fingerprint density at radius 3 is 2.59 bits per heavy atom. The average molecular weight is 420 g/mol. The summed E-state index contributed by atoms with van der Waals surface area (Å²) in [7, 11) is 1.75. The van der Waals surface area contributed by atoms with Crippen molar-refractivity contribution in [3.63, 3.8) is 0 Å². The molecule has 0 aromatic heterocycles. The third kappa shape index (κ3) is 7.49. The molecule has 5 nitrogen and oxygen atoms in total. The van der Waals surface area contributed by atoms with Crippen molar-refractivity contribution in [1.82, 2.24) is 15.3 Å². The average Bonchev–Trinajstić information content (AvgIpc) is 2.66. The van der Waals surface area contributed by atoms with E-state index in [1.165, 1.54) is 17.5 Å². The molecule has 0 radical (unpaired) electrons. The zero-order chi connectivity index (χ0) is 18.1. The van der Waals surface area contributed by atoms with Crippen molar-refractivity contribution in [3.8, 4) is 5.75 Å². The fraction of sp³-hybridized carbons (Fsp3) is 0.650. The number of unbranched alkanes of at least 4 members (excludes halogenated alkanes) is 1. The number of carbonyl (C=O) groups excluding carboxylic acids is 1. The number of carbonyl (C=O) groups is 1. The quantitative estimate of drug-likeness (QED) is 0.338. The van der Waals surface area contributed by atoms with Crippen LogP contribution in [0.3, 0.4) is 0 Å². The Morgan fingerprint density at radius 1 is 1.22 bits per heavy atom. The van der Waals surface area contributed by atoms with E-state index in [-0.39, 0.29) is 24.8 Å². The molecular formula is C20H35Cl2N3O2. The maximum absolute atomic E-state index is 11.2. The van der Waals surface area contributed by atoms with Crippen LogP contribution in [0.25, 0.3) is 0 Å². The second-order valence-electron chi connectivity index (χ2n) is 6.61.